The molecule has 88 valence electrons. The molecule has 1 saturated heterocycles. The molecule has 2 nitrogen and oxygen atoms in total. The van der Waals surface area contributed by atoms with E-state index in [2.05, 4.69) is 11.8 Å². The summed E-state index contributed by atoms with van der Waals surface area (Å²) in [5.41, 5.74) is 5.93. The standard InChI is InChI=1S/C13H26N2/c1-2-13(14)7-4-8-15-9-11-5-3-6-12(11)10-15/h11-13H,2-10,14H2,1H3. The molecule has 2 aliphatic rings. The van der Waals surface area contributed by atoms with Gasteiger partial charge >= 0.3 is 0 Å². The van der Waals surface area contributed by atoms with E-state index in [4.69, 9.17) is 5.73 Å². The Labute approximate surface area is 94.2 Å². The van der Waals surface area contributed by atoms with Crippen LogP contribution >= 0.6 is 0 Å². The van der Waals surface area contributed by atoms with Gasteiger partial charge in [0.2, 0.25) is 0 Å². The Bertz CT molecular complexity index is 181. The van der Waals surface area contributed by atoms with Gasteiger partial charge < -0.3 is 10.6 Å². The number of rotatable bonds is 5. The van der Waals surface area contributed by atoms with Crippen molar-refractivity contribution in [3.8, 4) is 0 Å². The maximum atomic E-state index is 5.93. The van der Waals surface area contributed by atoms with Gasteiger partial charge in [0.25, 0.3) is 0 Å². The average Bonchev–Trinajstić information content (AvgIpc) is 2.77. The summed E-state index contributed by atoms with van der Waals surface area (Å²) in [6.45, 7) is 6.24. The molecule has 0 radical (unpaired) electrons. The zero-order valence-electron chi connectivity index (χ0n) is 10.1. The van der Waals surface area contributed by atoms with E-state index in [-0.39, 0.29) is 0 Å². The first-order valence-corrected chi connectivity index (χ1v) is 6.77. The average molecular weight is 210 g/mol. The van der Waals surface area contributed by atoms with Crippen molar-refractivity contribution in [3.05, 3.63) is 0 Å². The summed E-state index contributed by atoms with van der Waals surface area (Å²) >= 11 is 0. The van der Waals surface area contributed by atoms with E-state index in [1.165, 1.54) is 51.7 Å². The van der Waals surface area contributed by atoms with Gasteiger partial charge in [0.15, 0.2) is 0 Å². The van der Waals surface area contributed by atoms with Crippen LogP contribution in [-0.4, -0.2) is 30.6 Å². The number of hydrogen-bond acceptors (Lipinski definition) is 2. The van der Waals surface area contributed by atoms with Crippen molar-refractivity contribution in [2.45, 2.75) is 51.5 Å². The number of fused-ring (bicyclic) bond motifs is 1. The van der Waals surface area contributed by atoms with Crippen molar-refractivity contribution in [1.82, 2.24) is 4.90 Å². The third-order valence-corrected chi connectivity index (χ3v) is 4.38. The molecule has 0 spiro atoms. The Balaban J connectivity index is 1.61. The first-order chi connectivity index (χ1) is 7.29. The molecule has 3 unspecified atom stereocenters. The second-order valence-corrected chi connectivity index (χ2v) is 5.52. The zero-order chi connectivity index (χ0) is 10.7. The molecule has 3 atom stereocenters. The van der Waals surface area contributed by atoms with Crippen molar-refractivity contribution in [2.24, 2.45) is 17.6 Å². The molecule has 1 aliphatic heterocycles. The first kappa shape index (κ1) is 11.4. The fraction of sp³-hybridized carbons (Fsp3) is 1.00. The van der Waals surface area contributed by atoms with Crippen molar-refractivity contribution in [1.29, 1.82) is 0 Å². The molecule has 15 heavy (non-hydrogen) atoms. The Morgan fingerprint density at radius 2 is 1.93 bits per heavy atom. The summed E-state index contributed by atoms with van der Waals surface area (Å²) < 4.78 is 0. The minimum absolute atomic E-state index is 0.437. The van der Waals surface area contributed by atoms with Crippen LogP contribution < -0.4 is 5.73 Å². The molecule has 0 bridgehead atoms. The Morgan fingerprint density at radius 3 is 2.53 bits per heavy atom. The zero-order valence-corrected chi connectivity index (χ0v) is 10.1. The quantitative estimate of drug-likeness (QED) is 0.754. The number of nitrogens with two attached hydrogens (primary N) is 1. The fourth-order valence-electron chi connectivity index (χ4n) is 3.30. The molecule has 1 heterocycles. The predicted molar refractivity (Wildman–Crippen MR) is 64.8 cm³/mol. The number of hydrogen-bond donors (Lipinski definition) is 1. The normalized spacial score (nSPS) is 33.2. The molecule has 1 aliphatic carbocycles. The fourth-order valence-corrected chi connectivity index (χ4v) is 3.30. The highest BCUT2D eigenvalue weighted by Gasteiger charge is 2.35. The lowest BCUT2D eigenvalue weighted by atomic mass is 10.0. The maximum Gasteiger partial charge on any atom is 0.00366 e. The van der Waals surface area contributed by atoms with E-state index in [1.54, 1.807) is 0 Å². The molecular weight excluding hydrogens is 184 g/mol. The summed E-state index contributed by atoms with van der Waals surface area (Å²) in [6, 6.07) is 0.437. The van der Waals surface area contributed by atoms with E-state index in [0.29, 0.717) is 6.04 Å². The Kier molecular flexibility index (Phi) is 4.04. The number of nitrogens with zero attached hydrogens (tertiary/aromatic N) is 1. The maximum absolute atomic E-state index is 5.93. The van der Waals surface area contributed by atoms with Crippen LogP contribution in [0, 0.1) is 11.8 Å². The van der Waals surface area contributed by atoms with Gasteiger partial charge in [-0.3, -0.25) is 0 Å². The van der Waals surface area contributed by atoms with Gasteiger partial charge in [0.1, 0.15) is 0 Å². The summed E-state index contributed by atoms with van der Waals surface area (Å²) in [5, 5.41) is 0. The highest BCUT2D eigenvalue weighted by molar-refractivity contribution is 4.88. The van der Waals surface area contributed by atoms with Crippen molar-refractivity contribution < 1.29 is 0 Å². The Morgan fingerprint density at radius 1 is 1.27 bits per heavy atom. The first-order valence-electron chi connectivity index (χ1n) is 6.77. The third kappa shape index (κ3) is 2.94. The second-order valence-electron chi connectivity index (χ2n) is 5.52. The number of likely N-dealkylation sites (tertiary alicyclic amines) is 1. The van der Waals surface area contributed by atoms with Gasteiger partial charge in [-0.05, 0) is 50.5 Å². The van der Waals surface area contributed by atoms with Crippen LogP contribution in [0.2, 0.25) is 0 Å². The highest BCUT2D eigenvalue weighted by atomic mass is 15.2. The second kappa shape index (κ2) is 5.31. The molecule has 0 aromatic rings. The summed E-state index contributed by atoms with van der Waals surface area (Å²) in [4.78, 5) is 2.68. The van der Waals surface area contributed by atoms with Crippen molar-refractivity contribution in [2.75, 3.05) is 19.6 Å². The van der Waals surface area contributed by atoms with Crippen molar-refractivity contribution >= 4 is 0 Å². The van der Waals surface area contributed by atoms with Crippen molar-refractivity contribution in [3.63, 3.8) is 0 Å². The van der Waals surface area contributed by atoms with Crippen LogP contribution in [0.15, 0.2) is 0 Å². The summed E-state index contributed by atoms with van der Waals surface area (Å²) in [6.07, 6.45) is 8.12. The van der Waals surface area contributed by atoms with E-state index < -0.39 is 0 Å². The molecule has 2 fully saturated rings. The van der Waals surface area contributed by atoms with Crippen LogP contribution in [0.5, 0.6) is 0 Å². The van der Waals surface area contributed by atoms with E-state index in [0.717, 1.165) is 18.3 Å². The minimum Gasteiger partial charge on any atom is -0.328 e. The van der Waals surface area contributed by atoms with Gasteiger partial charge in [-0.2, -0.15) is 0 Å². The molecule has 0 amide bonds. The van der Waals surface area contributed by atoms with Gasteiger partial charge in [-0.25, -0.2) is 0 Å². The molecule has 1 saturated carbocycles. The van der Waals surface area contributed by atoms with Gasteiger partial charge in [-0.1, -0.05) is 13.3 Å². The molecule has 0 aromatic heterocycles. The summed E-state index contributed by atoms with van der Waals surface area (Å²) in [5.74, 6) is 2.09. The lowest BCUT2D eigenvalue weighted by Gasteiger charge is -2.17. The predicted octanol–water partition coefficient (Wildman–Crippen LogP) is 2.24. The minimum atomic E-state index is 0.437. The lowest BCUT2D eigenvalue weighted by Crippen LogP contribution is -2.25. The summed E-state index contributed by atoms with van der Waals surface area (Å²) in [7, 11) is 0. The van der Waals surface area contributed by atoms with Gasteiger partial charge in [-0.15, -0.1) is 0 Å². The van der Waals surface area contributed by atoms with Crippen LogP contribution in [0.1, 0.15) is 45.4 Å². The monoisotopic (exact) mass is 210 g/mol. The van der Waals surface area contributed by atoms with Crippen LogP contribution in [0.4, 0.5) is 0 Å². The molecule has 2 heteroatoms. The van der Waals surface area contributed by atoms with E-state index in [9.17, 15) is 0 Å². The van der Waals surface area contributed by atoms with E-state index >= 15 is 0 Å². The van der Waals surface area contributed by atoms with Crippen LogP contribution in [0.25, 0.3) is 0 Å². The molecule has 2 N–H and O–H groups in total. The third-order valence-electron chi connectivity index (χ3n) is 4.38. The van der Waals surface area contributed by atoms with Gasteiger partial charge in [0.05, 0.1) is 0 Å². The van der Waals surface area contributed by atoms with Gasteiger partial charge in [0, 0.05) is 19.1 Å². The molecule has 0 aromatic carbocycles. The topological polar surface area (TPSA) is 29.3 Å². The SMILES string of the molecule is CCC(N)CCCN1CC2CCCC2C1. The van der Waals surface area contributed by atoms with Crippen LogP contribution in [-0.2, 0) is 0 Å². The Hall–Kier alpha value is -0.0800. The van der Waals surface area contributed by atoms with Crippen LogP contribution in [0.3, 0.4) is 0 Å². The molecular formula is C13H26N2. The van der Waals surface area contributed by atoms with E-state index in [1.807, 2.05) is 0 Å². The highest BCUT2D eigenvalue weighted by Crippen LogP contribution is 2.37. The lowest BCUT2D eigenvalue weighted by molar-refractivity contribution is 0.299. The largest absolute Gasteiger partial charge is 0.328 e. The smallest absolute Gasteiger partial charge is 0.00366 e. The molecule has 2 rings (SSSR count).